The third-order valence-corrected chi connectivity index (χ3v) is 1.70. The Labute approximate surface area is 74.9 Å². The van der Waals surface area contributed by atoms with E-state index in [1.807, 2.05) is 0 Å². The number of hydrogen-bond acceptors (Lipinski definition) is 6. The highest BCUT2D eigenvalue weighted by molar-refractivity contribution is 7.79. The SMILES string of the molecule is OC[C@H](O)[C@H](O)[C@@H](O)[C@@H](O)C=S. The van der Waals surface area contributed by atoms with Gasteiger partial charge < -0.3 is 25.5 Å². The first kappa shape index (κ1) is 11.9. The third-order valence-electron chi connectivity index (χ3n) is 1.42. The van der Waals surface area contributed by atoms with Gasteiger partial charge in [-0.15, -0.1) is 0 Å². The molecule has 0 aromatic rings. The zero-order valence-corrected chi connectivity index (χ0v) is 7.05. The van der Waals surface area contributed by atoms with Gasteiger partial charge in [0.2, 0.25) is 0 Å². The molecule has 5 N–H and O–H groups in total. The maximum atomic E-state index is 9.02. The normalized spacial score (nSPS) is 21.1. The fourth-order valence-corrected chi connectivity index (χ4v) is 0.779. The van der Waals surface area contributed by atoms with Gasteiger partial charge in [0.25, 0.3) is 0 Å². The monoisotopic (exact) mass is 196 g/mol. The molecule has 0 aliphatic heterocycles. The van der Waals surface area contributed by atoms with E-state index in [1.54, 1.807) is 0 Å². The largest absolute Gasteiger partial charge is 0.394 e. The molecule has 4 atom stereocenters. The summed E-state index contributed by atoms with van der Waals surface area (Å²) in [5.74, 6) is 0. The van der Waals surface area contributed by atoms with Crippen LogP contribution in [0.2, 0.25) is 0 Å². The van der Waals surface area contributed by atoms with Crippen LogP contribution in [0.1, 0.15) is 0 Å². The maximum absolute atomic E-state index is 9.02. The summed E-state index contributed by atoms with van der Waals surface area (Å²) in [6, 6.07) is 0. The Morgan fingerprint density at radius 3 is 1.92 bits per heavy atom. The van der Waals surface area contributed by atoms with Crippen LogP contribution in [-0.4, -0.2) is 61.9 Å². The summed E-state index contributed by atoms with van der Waals surface area (Å²) in [7, 11) is 0. The van der Waals surface area contributed by atoms with Gasteiger partial charge in [-0.2, -0.15) is 0 Å². The third kappa shape index (κ3) is 3.10. The van der Waals surface area contributed by atoms with Crippen molar-refractivity contribution in [2.45, 2.75) is 24.4 Å². The molecule has 0 aliphatic rings. The Balaban J connectivity index is 4.07. The molecule has 0 radical (unpaired) electrons. The van der Waals surface area contributed by atoms with Crippen LogP contribution < -0.4 is 0 Å². The Bertz CT molecular complexity index is 142. The quantitative estimate of drug-likeness (QED) is 0.310. The Hall–Kier alpha value is -0.110. The molecule has 12 heavy (non-hydrogen) atoms. The van der Waals surface area contributed by atoms with E-state index in [0.717, 1.165) is 5.37 Å². The predicted molar refractivity (Wildman–Crippen MR) is 44.8 cm³/mol. The molecular weight excluding hydrogens is 184 g/mol. The van der Waals surface area contributed by atoms with Crippen LogP contribution in [0, 0.1) is 0 Å². The lowest BCUT2D eigenvalue weighted by molar-refractivity contribution is -0.0996. The molecule has 0 unspecified atom stereocenters. The number of aliphatic hydroxyl groups is 5. The first-order valence-corrected chi connectivity index (χ1v) is 3.80. The van der Waals surface area contributed by atoms with Gasteiger partial charge in [0.05, 0.1) is 6.61 Å². The second kappa shape index (κ2) is 5.52. The van der Waals surface area contributed by atoms with Crippen LogP contribution in [0.3, 0.4) is 0 Å². The zero-order valence-electron chi connectivity index (χ0n) is 6.24. The summed E-state index contributed by atoms with van der Waals surface area (Å²) >= 11 is 4.30. The highest BCUT2D eigenvalue weighted by Gasteiger charge is 2.28. The molecular formula is C6H12O5S. The summed E-state index contributed by atoms with van der Waals surface area (Å²) in [5.41, 5.74) is 0. The van der Waals surface area contributed by atoms with E-state index in [9.17, 15) is 0 Å². The lowest BCUT2D eigenvalue weighted by Gasteiger charge is -2.23. The van der Waals surface area contributed by atoms with Crippen LogP contribution in [0.4, 0.5) is 0 Å². The van der Waals surface area contributed by atoms with Gasteiger partial charge in [-0.05, 0) is 0 Å². The minimum absolute atomic E-state index is 0.692. The van der Waals surface area contributed by atoms with Crippen molar-refractivity contribution < 1.29 is 25.5 Å². The molecule has 0 aromatic carbocycles. The van der Waals surface area contributed by atoms with Gasteiger partial charge in [-0.1, -0.05) is 12.2 Å². The van der Waals surface area contributed by atoms with Crippen LogP contribution in [-0.2, 0) is 0 Å². The van der Waals surface area contributed by atoms with Crippen molar-refractivity contribution in [1.82, 2.24) is 0 Å². The molecule has 0 rings (SSSR count). The number of rotatable bonds is 5. The zero-order chi connectivity index (χ0) is 9.72. The maximum Gasteiger partial charge on any atom is 0.113 e. The van der Waals surface area contributed by atoms with Crippen LogP contribution in [0.15, 0.2) is 0 Å². The molecule has 72 valence electrons. The van der Waals surface area contributed by atoms with Crippen molar-refractivity contribution in [2.75, 3.05) is 6.61 Å². The van der Waals surface area contributed by atoms with E-state index in [0.29, 0.717) is 0 Å². The fourth-order valence-electron chi connectivity index (χ4n) is 0.618. The van der Waals surface area contributed by atoms with Crippen molar-refractivity contribution in [1.29, 1.82) is 0 Å². The predicted octanol–water partition coefficient (Wildman–Crippen LogP) is -2.58. The molecule has 0 saturated carbocycles. The van der Waals surface area contributed by atoms with E-state index in [-0.39, 0.29) is 0 Å². The van der Waals surface area contributed by atoms with Gasteiger partial charge in [0.15, 0.2) is 0 Å². The summed E-state index contributed by atoms with van der Waals surface area (Å²) < 4.78 is 0. The lowest BCUT2D eigenvalue weighted by atomic mass is 10.0. The standard InChI is InChI=1S/C6H12O5S/c7-1-3(8)5(10)6(11)4(9)2-12/h2-11H,1H2/t3-,4-,5-,6-/m0/s1. The van der Waals surface area contributed by atoms with Gasteiger partial charge in [0.1, 0.15) is 24.4 Å². The van der Waals surface area contributed by atoms with Crippen molar-refractivity contribution >= 4 is 17.6 Å². The van der Waals surface area contributed by atoms with E-state index < -0.39 is 31.0 Å². The van der Waals surface area contributed by atoms with Gasteiger partial charge in [-0.25, -0.2) is 0 Å². The average molecular weight is 196 g/mol. The Morgan fingerprint density at radius 2 is 1.58 bits per heavy atom. The van der Waals surface area contributed by atoms with E-state index >= 15 is 0 Å². The van der Waals surface area contributed by atoms with Crippen molar-refractivity contribution in [3.63, 3.8) is 0 Å². The van der Waals surface area contributed by atoms with Crippen LogP contribution >= 0.6 is 12.2 Å². The Kier molecular flexibility index (Phi) is 5.47. The molecule has 0 heterocycles. The molecule has 0 saturated heterocycles. The minimum Gasteiger partial charge on any atom is -0.394 e. The molecule has 6 heteroatoms. The van der Waals surface area contributed by atoms with Crippen molar-refractivity contribution in [3.8, 4) is 0 Å². The minimum atomic E-state index is -1.61. The van der Waals surface area contributed by atoms with Crippen molar-refractivity contribution in [2.24, 2.45) is 0 Å². The van der Waals surface area contributed by atoms with Gasteiger partial charge in [-0.3, -0.25) is 0 Å². The average Bonchev–Trinajstić information content (AvgIpc) is 2.12. The molecule has 0 aromatic heterocycles. The van der Waals surface area contributed by atoms with Crippen LogP contribution in [0.25, 0.3) is 0 Å². The number of hydrogen-bond donors (Lipinski definition) is 5. The van der Waals surface area contributed by atoms with E-state index in [1.165, 1.54) is 0 Å². The fraction of sp³-hybridized carbons (Fsp3) is 0.833. The lowest BCUT2D eigenvalue weighted by Crippen LogP contribution is -2.46. The van der Waals surface area contributed by atoms with Gasteiger partial charge >= 0.3 is 0 Å². The second-order valence-electron chi connectivity index (χ2n) is 2.36. The van der Waals surface area contributed by atoms with E-state index in [2.05, 4.69) is 12.2 Å². The molecule has 0 amide bonds. The topological polar surface area (TPSA) is 101 Å². The van der Waals surface area contributed by atoms with Gasteiger partial charge in [0, 0.05) is 5.37 Å². The summed E-state index contributed by atoms with van der Waals surface area (Å²) in [6.07, 6.45) is -6.06. The molecule has 0 fully saturated rings. The molecule has 0 spiro atoms. The molecule has 5 nitrogen and oxygen atoms in total. The summed E-state index contributed by atoms with van der Waals surface area (Å²) in [5, 5.41) is 44.9. The van der Waals surface area contributed by atoms with E-state index in [4.69, 9.17) is 25.5 Å². The summed E-state index contributed by atoms with van der Waals surface area (Å²) in [4.78, 5) is 0. The molecule has 0 aliphatic carbocycles. The highest BCUT2D eigenvalue weighted by atomic mass is 32.1. The number of aliphatic hydroxyl groups excluding tert-OH is 5. The highest BCUT2D eigenvalue weighted by Crippen LogP contribution is 2.03. The first-order valence-electron chi connectivity index (χ1n) is 3.33. The second-order valence-corrected chi connectivity index (χ2v) is 2.63. The number of thiocarbonyl (C=S) groups is 1. The first-order chi connectivity index (χ1) is 5.54. The molecule has 0 bridgehead atoms. The summed E-state index contributed by atoms with van der Waals surface area (Å²) in [6.45, 7) is -0.692. The smallest absolute Gasteiger partial charge is 0.113 e. The van der Waals surface area contributed by atoms with Crippen molar-refractivity contribution in [3.05, 3.63) is 0 Å². The Morgan fingerprint density at radius 1 is 1.08 bits per heavy atom. The van der Waals surface area contributed by atoms with Crippen LogP contribution in [0.5, 0.6) is 0 Å².